The van der Waals surface area contributed by atoms with Crippen molar-refractivity contribution < 1.29 is 9.53 Å². The van der Waals surface area contributed by atoms with Crippen molar-refractivity contribution in [2.24, 2.45) is 0 Å². The maximum Gasteiger partial charge on any atom is 0.317 e. The van der Waals surface area contributed by atoms with E-state index in [0.29, 0.717) is 13.1 Å². The van der Waals surface area contributed by atoms with Crippen LogP contribution in [0.2, 0.25) is 0 Å². The van der Waals surface area contributed by atoms with Gasteiger partial charge in [0, 0.05) is 19.1 Å². The van der Waals surface area contributed by atoms with Crippen LogP contribution in [-0.2, 0) is 11.3 Å². The maximum atomic E-state index is 12.6. The molecule has 1 saturated heterocycles. The van der Waals surface area contributed by atoms with Gasteiger partial charge in [0.2, 0.25) is 0 Å². The molecule has 2 aromatic heterocycles. The predicted molar refractivity (Wildman–Crippen MR) is 91.8 cm³/mol. The van der Waals surface area contributed by atoms with Gasteiger partial charge in [-0.15, -0.1) is 0 Å². The van der Waals surface area contributed by atoms with E-state index in [1.54, 1.807) is 22.3 Å². The molecule has 0 radical (unpaired) electrons. The molecule has 3 heterocycles. The average molecular weight is 349 g/mol. The predicted octanol–water partition coefficient (Wildman–Crippen LogP) is 2.29. The molecule has 0 aliphatic carbocycles. The van der Waals surface area contributed by atoms with Crippen molar-refractivity contribution in [3.8, 4) is 0 Å². The number of thiophene rings is 1. The molecular formula is C16H23N5O2S. The molecule has 0 bridgehead atoms. The van der Waals surface area contributed by atoms with Gasteiger partial charge in [-0.1, -0.05) is 0 Å². The van der Waals surface area contributed by atoms with Crippen LogP contribution in [0, 0.1) is 0 Å². The number of urea groups is 1. The molecule has 0 spiro atoms. The summed E-state index contributed by atoms with van der Waals surface area (Å²) in [5, 5.41) is 11.3. The van der Waals surface area contributed by atoms with Gasteiger partial charge in [0.25, 0.3) is 0 Å². The van der Waals surface area contributed by atoms with Crippen LogP contribution in [-0.4, -0.2) is 50.9 Å². The van der Waals surface area contributed by atoms with Crippen molar-refractivity contribution in [2.45, 2.75) is 45.1 Å². The highest BCUT2D eigenvalue weighted by atomic mass is 32.1. The van der Waals surface area contributed by atoms with Crippen LogP contribution >= 0.6 is 11.3 Å². The van der Waals surface area contributed by atoms with Crippen LogP contribution in [0.25, 0.3) is 0 Å². The second kappa shape index (κ2) is 7.76. The normalized spacial score (nSPS) is 22.3. The van der Waals surface area contributed by atoms with Crippen LogP contribution in [0.15, 0.2) is 29.5 Å². The van der Waals surface area contributed by atoms with E-state index in [0.717, 1.165) is 18.5 Å². The average Bonchev–Trinajstić information content (AvgIpc) is 3.25. The van der Waals surface area contributed by atoms with Crippen LogP contribution in [0.5, 0.6) is 0 Å². The van der Waals surface area contributed by atoms with E-state index in [9.17, 15) is 4.79 Å². The number of amides is 2. The SMILES string of the molecule is C[C@H](CCn1cncn1)NC(=O)N1C[C@@H](C)O[C@@H](c2ccsc2)C1. The summed E-state index contributed by atoms with van der Waals surface area (Å²) >= 11 is 1.65. The molecule has 2 aromatic rings. The number of nitrogens with zero attached hydrogens (tertiary/aromatic N) is 4. The maximum absolute atomic E-state index is 12.6. The lowest BCUT2D eigenvalue weighted by atomic mass is 10.1. The highest BCUT2D eigenvalue weighted by Gasteiger charge is 2.30. The van der Waals surface area contributed by atoms with Crippen molar-refractivity contribution in [3.63, 3.8) is 0 Å². The number of hydrogen-bond acceptors (Lipinski definition) is 5. The molecule has 8 heteroatoms. The first-order valence-electron chi connectivity index (χ1n) is 8.17. The van der Waals surface area contributed by atoms with E-state index in [1.165, 1.54) is 6.33 Å². The summed E-state index contributed by atoms with van der Waals surface area (Å²) in [4.78, 5) is 18.3. The zero-order valence-electron chi connectivity index (χ0n) is 14.0. The van der Waals surface area contributed by atoms with Gasteiger partial charge in [-0.2, -0.15) is 16.4 Å². The van der Waals surface area contributed by atoms with E-state index in [2.05, 4.69) is 26.8 Å². The van der Waals surface area contributed by atoms with Crippen LogP contribution < -0.4 is 5.32 Å². The van der Waals surface area contributed by atoms with Gasteiger partial charge in [-0.05, 0) is 42.7 Å². The molecular weight excluding hydrogens is 326 g/mol. The zero-order chi connectivity index (χ0) is 16.9. The second-order valence-electron chi connectivity index (χ2n) is 6.19. The fourth-order valence-corrected chi connectivity index (χ4v) is 3.51. The molecule has 3 atom stereocenters. The minimum Gasteiger partial charge on any atom is -0.367 e. The summed E-state index contributed by atoms with van der Waals surface area (Å²) in [5.74, 6) is 0. The summed E-state index contributed by atoms with van der Waals surface area (Å²) < 4.78 is 7.75. The van der Waals surface area contributed by atoms with Crippen molar-refractivity contribution >= 4 is 17.4 Å². The number of ether oxygens (including phenoxy) is 1. The summed E-state index contributed by atoms with van der Waals surface area (Å²) in [6.07, 6.45) is 3.99. The van der Waals surface area contributed by atoms with Gasteiger partial charge >= 0.3 is 6.03 Å². The molecule has 24 heavy (non-hydrogen) atoms. The molecule has 3 rings (SSSR count). The number of aromatic nitrogens is 3. The van der Waals surface area contributed by atoms with Gasteiger partial charge in [-0.25, -0.2) is 9.78 Å². The standard InChI is InChI=1S/C16H23N5O2S/c1-12(3-5-21-11-17-10-18-21)19-16(22)20-7-13(2)23-15(8-20)14-4-6-24-9-14/h4,6,9-13,15H,3,5,7-8H2,1-2H3,(H,19,22)/t12-,13-,15-/m1/s1. The van der Waals surface area contributed by atoms with Gasteiger partial charge in [0.05, 0.1) is 12.6 Å². The Labute approximate surface area is 145 Å². The number of morpholine rings is 1. The quantitative estimate of drug-likeness (QED) is 0.899. The van der Waals surface area contributed by atoms with Gasteiger partial charge < -0.3 is 15.0 Å². The molecule has 2 amide bonds. The second-order valence-corrected chi connectivity index (χ2v) is 6.97. The Morgan fingerprint density at radius 3 is 3.12 bits per heavy atom. The van der Waals surface area contributed by atoms with Crippen LogP contribution in [0.3, 0.4) is 0 Å². The van der Waals surface area contributed by atoms with Gasteiger partial charge in [0.15, 0.2) is 0 Å². The fourth-order valence-electron chi connectivity index (χ4n) is 2.81. The first-order valence-corrected chi connectivity index (χ1v) is 9.11. The highest BCUT2D eigenvalue weighted by Crippen LogP contribution is 2.26. The molecule has 0 unspecified atom stereocenters. The third kappa shape index (κ3) is 4.33. The monoisotopic (exact) mass is 349 g/mol. The Balaban J connectivity index is 1.51. The Morgan fingerprint density at radius 1 is 1.54 bits per heavy atom. The lowest BCUT2D eigenvalue weighted by Gasteiger charge is -2.37. The summed E-state index contributed by atoms with van der Waals surface area (Å²) in [6.45, 7) is 5.95. The lowest BCUT2D eigenvalue weighted by molar-refractivity contribution is -0.0657. The fraction of sp³-hybridized carbons (Fsp3) is 0.562. The Kier molecular flexibility index (Phi) is 5.47. The topological polar surface area (TPSA) is 72.3 Å². The van der Waals surface area contributed by atoms with Crippen molar-refractivity contribution in [3.05, 3.63) is 35.0 Å². The molecule has 0 aromatic carbocycles. The van der Waals surface area contributed by atoms with E-state index >= 15 is 0 Å². The van der Waals surface area contributed by atoms with E-state index in [1.807, 2.05) is 24.1 Å². The molecule has 1 fully saturated rings. The Bertz CT molecular complexity index is 631. The molecule has 7 nitrogen and oxygen atoms in total. The highest BCUT2D eigenvalue weighted by molar-refractivity contribution is 7.07. The summed E-state index contributed by atoms with van der Waals surface area (Å²) in [5.41, 5.74) is 1.14. The molecule has 1 aliphatic heterocycles. The number of carbonyl (C=O) groups is 1. The minimum atomic E-state index is -0.0452. The first-order chi connectivity index (χ1) is 11.6. The van der Waals surface area contributed by atoms with E-state index in [4.69, 9.17) is 4.74 Å². The van der Waals surface area contributed by atoms with Gasteiger partial charge in [-0.3, -0.25) is 4.68 Å². The van der Waals surface area contributed by atoms with Crippen molar-refractivity contribution in [1.29, 1.82) is 0 Å². The summed E-state index contributed by atoms with van der Waals surface area (Å²) in [7, 11) is 0. The third-order valence-corrected chi connectivity index (χ3v) is 4.79. The number of aryl methyl sites for hydroxylation is 1. The zero-order valence-corrected chi connectivity index (χ0v) is 14.8. The first kappa shape index (κ1) is 16.9. The van der Waals surface area contributed by atoms with E-state index < -0.39 is 0 Å². The molecule has 1 N–H and O–H groups in total. The number of nitrogens with one attached hydrogen (secondary N) is 1. The summed E-state index contributed by atoms with van der Waals surface area (Å²) in [6, 6.07) is 2.10. The Hall–Kier alpha value is -1.93. The van der Waals surface area contributed by atoms with Crippen LogP contribution in [0.1, 0.15) is 31.9 Å². The molecule has 130 valence electrons. The number of hydrogen-bond donors (Lipinski definition) is 1. The molecule has 1 aliphatic rings. The number of carbonyl (C=O) groups excluding carboxylic acids is 1. The van der Waals surface area contributed by atoms with E-state index in [-0.39, 0.29) is 24.3 Å². The van der Waals surface area contributed by atoms with Crippen LogP contribution in [0.4, 0.5) is 4.79 Å². The lowest BCUT2D eigenvalue weighted by Crippen LogP contribution is -2.51. The number of rotatable bonds is 5. The van der Waals surface area contributed by atoms with Crippen molar-refractivity contribution in [2.75, 3.05) is 13.1 Å². The molecule has 0 saturated carbocycles. The smallest absolute Gasteiger partial charge is 0.317 e. The van der Waals surface area contributed by atoms with Crippen molar-refractivity contribution in [1.82, 2.24) is 25.0 Å². The van der Waals surface area contributed by atoms with Gasteiger partial charge in [0.1, 0.15) is 18.8 Å². The largest absolute Gasteiger partial charge is 0.367 e. The third-order valence-electron chi connectivity index (χ3n) is 4.09. The minimum absolute atomic E-state index is 0.0276. The Morgan fingerprint density at radius 2 is 2.42 bits per heavy atom.